The third-order valence-electron chi connectivity index (χ3n) is 4.70. The van der Waals surface area contributed by atoms with E-state index in [-0.39, 0.29) is 12.2 Å². The summed E-state index contributed by atoms with van der Waals surface area (Å²) in [7, 11) is 0. The van der Waals surface area contributed by atoms with Gasteiger partial charge in [-0.05, 0) is 31.2 Å². The summed E-state index contributed by atoms with van der Waals surface area (Å²) in [5.74, 6) is 0.0590. The Hall–Kier alpha value is -2.03. The Morgan fingerprint density at radius 1 is 1.30 bits per heavy atom. The maximum atomic E-state index is 13.7. The second kappa shape index (κ2) is 8.77. The van der Waals surface area contributed by atoms with Crippen molar-refractivity contribution in [2.75, 3.05) is 6.54 Å². The Morgan fingerprint density at radius 2 is 1.89 bits per heavy atom. The van der Waals surface area contributed by atoms with E-state index in [1.165, 1.54) is 12.1 Å². The smallest absolute Gasteiger partial charge is 0.387 e. The number of hydroxylamine groups is 2. The molecule has 1 atom stereocenters. The average molecular weight is 444 g/mol. The van der Waals surface area contributed by atoms with Crippen molar-refractivity contribution in [2.45, 2.75) is 31.9 Å². The molecule has 1 fully saturated rings. The lowest BCUT2D eigenvalue weighted by molar-refractivity contribution is -0.122. The number of alkyl halides is 2. The van der Waals surface area contributed by atoms with Crippen molar-refractivity contribution in [3.63, 3.8) is 0 Å². The average Bonchev–Trinajstić information content (AvgIpc) is 3.44. The number of rotatable bonds is 6. The van der Waals surface area contributed by atoms with Crippen LogP contribution in [0.5, 0.6) is 5.75 Å². The van der Waals surface area contributed by atoms with Crippen LogP contribution < -0.4 is 9.38 Å². The monoisotopic (exact) mass is 443 g/mol. The lowest BCUT2D eigenvalue weighted by atomic mass is 10.0. The Balaban J connectivity index is 0.000000817. The molecule has 1 aliphatic rings. The third-order valence-corrected chi connectivity index (χ3v) is 5.19. The fourth-order valence-electron chi connectivity index (χ4n) is 3.36. The Bertz CT molecular complexity index is 769. The van der Waals surface area contributed by atoms with E-state index in [0.717, 1.165) is 22.9 Å². The van der Waals surface area contributed by atoms with Gasteiger partial charge in [-0.25, -0.2) is 0 Å². The highest BCUT2D eigenvalue weighted by atomic mass is 79.9. The van der Waals surface area contributed by atoms with Crippen molar-refractivity contribution in [3.8, 4) is 5.75 Å². The largest absolute Gasteiger partial charge is 0.627 e. The van der Waals surface area contributed by atoms with Crippen LogP contribution in [0.15, 0.2) is 53.0 Å². The van der Waals surface area contributed by atoms with Gasteiger partial charge in [0.05, 0.1) is 6.54 Å². The first-order valence-electron chi connectivity index (χ1n) is 8.31. The van der Waals surface area contributed by atoms with E-state index in [2.05, 4.69) is 20.7 Å². The maximum absolute atomic E-state index is 13.7. The number of hydrogen-bond acceptors (Lipinski definition) is 3. The summed E-state index contributed by atoms with van der Waals surface area (Å²) in [5.41, 5.74) is 1.04. The van der Waals surface area contributed by atoms with Crippen molar-refractivity contribution in [1.29, 1.82) is 0 Å². The quantitative estimate of drug-likeness (QED) is 0.375. The van der Waals surface area contributed by atoms with Crippen molar-refractivity contribution >= 4 is 28.1 Å². The zero-order valence-electron chi connectivity index (χ0n) is 14.6. The zero-order chi connectivity index (χ0) is 20.1. The minimum Gasteiger partial charge on any atom is -0.627 e. The Morgan fingerprint density at radius 3 is 2.33 bits per heavy atom. The number of halogens is 3. The summed E-state index contributed by atoms with van der Waals surface area (Å²) in [6, 6.07) is 13.9. The van der Waals surface area contributed by atoms with Crippen molar-refractivity contribution < 1.29 is 23.4 Å². The van der Waals surface area contributed by atoms with E-state index in [1.54, 1.807) is 12.1 Å². The maximum Gasteiger partial charge on any atom is 0.387 e. The third kappa shape index (κ3) is 4.45. The van der Waals surface area contributed by atoms with Crippen LogP contribution in [-0.4, -0.2) is 24.7 Å². The van der Waals surface area contributed by atoms with Crippen LogP contribution in [-0.2, 0) is 10.3 Å². The van der Waals surface area contributed by atoms with E-state index >= 15 is 0 Å². The highest BCUT2D eigenvalue weighted by Gasteiger charge is 2.58. The molecule has 0 radical (unpaired) electrons. The van der Waals surface area contributed by atoms with Crippen molar-refractivity contribution in [3.05, 3.63) is 63.8 Å². The molecule has 1 N–H and O–H groups in total. The van der Waals surface area contributed by atoms with Gasteiger partial charge in [-0.2, -0.15) is 8.78 Å². The fourth-order valence-corrected chi connectivity index (χ4v) is 3.75. The summed E-state index contributed by atoms with van der Waals surface area (Å²) in [4.78, 5) is 8.36. The molecule has 3 rings (SSSR count). The van der Waals surface area contributed by atoms with Crippen LogP contribution in [0, 0.1) is 5.21 Å². The van der Waals surface area contributed by atoms with E-state index in [4.69, 9.17) is 9.90 Å². The molecule has 5 nitrogen and oxygen atoms in total. The molecule has 0 amide bonds. The Kier molecular flexibility index (Phi) is 6.91. The molecule has 27 heavy (non-hydrogen) atoms. The molecule has 1 unspecified atom stereocenters. The number of ether oxygens (including phenoxy) is 1. The molecule has 0 bridgehead atoms. The van der Waals surface area contributed by atoms with Crippen LogP contribution in [0.25, 0.3) is 0 Å². The first-order chi connectivity index (χ1) is 12.8. The van der Waals surface area contributed by atoms with Crippen LogP contribution in [0.4, 0.5) is 14.5 Å². The topological polar surface area (TPSA) is 69.6 Å². The number of benzene rings is 2. The number of carboxylic acid groups (broad SMARTS) is 1. The van der Waals surface area contributed by atoms with Crippen molar-refractivity contribution in [1.82, 2.24) is 4.65 Å². The normalized spacial score (nSPS) is 16.7. The van der Waals surface area contributed by atoms with Gasteiger partial charge in [0, 0.05) is 35.0 Å². The standard InChI is InChI=1S/C18H18BrF2NO2.CH2O2/c1-2-22(23,15-6-8-16(9-7-15)24-17(20)21)18(10-11-18)13-4-3-5-14(19)12-13;2-1-3/h3-9,12,17H,2,10-11H2,1H3;1H,(H,2,3). The van der Waals surface area contributed by atoms with Crippen LogP contribution in [0.3, 0.4) is 0 Å². The van der Waals surface area contributed by atoms with Gasteiger partial charge in [0.15, 0.2) is 0 Å². The molecule has 1 saturated carbocycles. The summed E-state index contributed by atoms with van der Waals surface area (Å²) < 4.78 is 29.4. The van der Waals surface area contributed by atoms with Crippen LogP contribution >= 0.6 is 15.9 Å². The molecule has 8 heteroatoms. The van der Waals surface area contributed by atoms with E-state index in [9.17, 15) is 14.0 Å². The minimum atomic E-state index is -2.87. The fraction of sp³-hybridized carbons (Fsp3) is 0.316. The molecule has 2 aromatic rings. The molecule has 2 aromatic carbocycles. The van der Waals surface area contributed by atoms with E-state index in [0.29, 0.717) is 12.2 Å². The molecular formula is C19H20BrF2NO4. The SMILES string of the molecule is CC[N+]([O-])(c1ccc(OC(F)F)cc1)C1(c2cccc(Br)c2)CC1.O=CO. The first kappa shape index (κ1) is 21.3. The van der Waals surface area contributed by atoms with E-state index in [1.807, 2.05) is 31.2 Å². The predicted octanol–water partition coefficient (Wildman–Crippen LogP) is 5.27. The van der Waals surface area contributed by atoms with E-state index < -0.39 is 16.8 Å². The Labute approximate surface area is 164 Å². The lowest BCUT2D eigenvalue weighted by Gasteiger charge is -2.49. The minimum absolute atomic E-state index is 0.0590. The predicted molar refractivity (Wildman–Crippen MR) is 103 cm³/mol. The summed E-state index contributed by atoms with van der Waals surface area (Å²) >= 11 is 3.46. The molecule has 0 saturated heterocycles. The second-order valence-electron chi connectivity index (χ2n) is 6.08. The molecule has 0 heterocycles. The lowest BCUT2D eigenvalue weighted by Crippen LogP contribution is -2.52. The molecule has 0 spiro atoms. The van der Waals surface area contributed by atoms with Gasteiger partial charge in [0.25, 0.3) is 6.47 Å². The molecule has 146 valence electrons. The number of nitrogens with zero attached hydrogens (tertiary/aromatic N) is 1. The van der Waals surface area contributed by atoms with Gasteiger partial charge in [-0.15, -0.1) is 0 Å². The number of carbonyl (C=O) groups is 1. The van der Waals surface area contributed by atoms with Gasteiger partial charge in [-0.1, -0.05) is 28.1 Å². The molecule has 0 aliphatic heterocycles. The van der Waals surface area contributed by atoms with Gasteiger partial charge in [-0.3, -0.25) is 4.79 Å². The first-order valence-corrected chi connectivity index (χ1v) is 9.11. The van der Waals surface area contributed by atoms with Gasteiger partial charge in [0.2, 0.25) is 0 Å². The molecule has 1 aliphatic carbocycles. The summed E-state index contributed by atoms with van der Waals surface area (Å²) in [6.45, 7) is -0.902. The highest BCUT2D eigenvalue weighted by Crippen LogP contribution is 2.57. The second-order valence-corrected chi connectivity index (χ2v) is 6.99. The van der Waals surface area contributed by atoms with Crippen molar-refractivity contribution in [2.24, 2.45) is 0 Å². The van der Waals surface area contributed by atoms with Gasteiger partial charge >= 0.3 is 6.61 Å². The molecule has 0 aromatic heterocycles. The highest BCUT2D eigenvalue weighted by molar-refractivity contribution is 9.10. The van der Waals surface area contributed by atoms with Crippen LogP contribution in [0.1, 0.15) is 25.3 Å². The number of quaternary nitrogens is 1. The van der Waals surface area contributed by atoms with Crippen LogP contribution in [0.2, 0.25) is 0 Å². The number of hydrogen-bond donors (Lipinski definition) is 1. The summed E-state index contributed by atoms with van der Waals surface area (Å²) in [5, 5.41) is 20.6. The zero-order valence-corrected chi connectivity index (χ0v) is 16.2. The van der Waals surface area contributed by atoms with Gasteiger partial charge in [0.1, 0.15) is 17.0 Å². The molecular weight excluding hydrogens is 424 g/mol. The van der Waals surface area contributed by atoms with Gasteiger partial charge < -0.3 is 19.7 Å². The summed E-state index contributed by atoms with van der Waals surface area (Å²) in [6.07, 6.45) is 1.60.